The van der Waals surface area contributed by atoms with Gasteiger partial charge in [0.25, 0.3) is 0 Å². The second-order valence-electron chi connectivity index (χ2n) is 0.575. The molecule has 1 nitrogen and oxygen atoms in total. The monoisotopic (exact) mass is 246 g/mol. The zero-order valence-corrected chi connectivity index (χ0v) is 9.90. The van der Waals surface area contributed by atoms with Crippen molar-refractivity contribution >= 4 is 55.2 Å². The molecule has 0 aromatic heterocycles. The number of carbonyl (C=O) groups is 1. The normalized spacial score (nSPS) is 4.17. The smallest absolute Gasteiger partial charge is 1.00 e. The van der Waals surface area contributed by atoms with Gasteiger partial charge in [-0.05, 0) is 0 Å². The molecule has 0 amide bonds. The van der Waals surface area contributed by atoms with Crippen LogP contribution in [0, 0.1) is 0 Å². The van der Waals surface area contributed by atoms with E-state index in [2.05, 4.69) is 0 Å². The van der Waals surface area contributed by atoms with Crippen LogP contribution in [-0.4, -0.2) is 55.2 Å². The summed E-state index contributed by atoms with van der Waals surface area (Å²) >= 11 is 0. The van der Waals surface area contributed by atoms with Crippen molar-refractivity contribution in [1.82, 2.24) is 0 Å². The van der Waals surface area contributed by atoms with Crippen molar-refractivity contribution < 1.29 is 29.4 Å². The van der Waals surface area contributed by atoms with Crippen molar-refractivity contribution in [2.45, 2.75) is 13.3 Å². The average molecular weight is 245 g/mol. The third kappa shape index (κ3) is 16.7. The van der Waals surface area contributed by atoms with Crippen molar-refractivity contribution in [3.05, 3.63) is 0 Å². The van der Waals surface area contributed by atoms with Gasteiger partial charge in [0, 0.05) is 28.1 Å². The molecule has 0 rings (SSSR count). The summed E-state index contributed by atoms with van der Waals surface area (Å²) in [5.74, 6) is 0. The number of carbonyl (C=O) groups excluding carboxylic acids is 1. The molecule has 0 saturated heterocycles. The summed E-state index contributed by atoms with van der Waals surface area (Å²) in [6, 6.07) is 0. The molecular weight excluding hydrogens is 237 g/mol. The summed E-state index contributed by atoms with van der Waals surface area (Å²) in [6.07, 6.45) is 1.51. The molecule has 0 aromatic carbocycles. The molecule has 6 heavy (non-hydrogen) atoms. The van der Waals surface area contributed by atoms with Crippen molar-refractivity contribution in [2.24, 2.45) is 0 Å². The van der Waals surface area contributed by atoms with Gasteiger partial charge < -0.3 is 7.65 Å². The van der Waals surface area contributed by atoms with E-state index < -0.39 is 0 Å². The van der Waals surface area contributed by atoms with Crippen LogP contribution < -0.4 is 0 Å². The summed E-state index contributed by atoms with van der Waals surface area (Å²) < 4.78 is 0. The third-order valence-corrected chi connectivity index (χ3v) is 0.167. The first kappa shape index (κ1) is 15.7. The summed E-state index contributed by atoms with van der Waals surface area (Å²) in [7, 11) is 0. The maximum atomic E-state index is 9.17. The molecule has 0 atom stereocenters. The van der Waals surface area contributed by atoms with Crippen LogP contribution in [0.15, 0.2) is 0 Å². The van der Waals surface area contributed by atoms with E-state index in [1.54, 1.807) is 0 Å². The van der Waals surface area contributed by atoms with Crippen molar-refractivity contribution in [3.8, 4) is 0 Å². The SMILES string of the molecule is CCC=O.[Ba+2].[H-].[H-].[Ti]. The maximum Gasteiger partial charge on any atom is 2.00 e. The molecule has 0 aliphatic carbocycles. The predicted molar refractivity (Wildman–Crippen MR) is 24.3 cm³/mol. The van der Waals surface area contributed by atoms with E-state index >= 15 is 0 Å². The second kappa shape index (κ2) is 15.8. The Morgan fingerprint density at radius 2 is 2.00 bits per heavy atom. The van der Waals surface area contributed by atoms with Crippen LogP contribution in [0.25, 0.3) is 0 Å². The topological polar surface area (TPSA) is 17.1 Å². The number of hydrogen-bond acceptors (Lipinski definition) is 1. The fourth-order valence-corrected chi connectivity index (χ4v) is 0. The van der Waals surface area contributed by atoms with Crippen LogP contribution in [0.4, 0.5) is 0 Å². The van der Waals surface area contributed by atoms with Gasteiger partial charge in [-0.2, -0.15) is 0 Å². The number of hydrogen-bond donors (Lipinski definition) is 0. The first-order valence-corrected chi connectivity index (χ1v) is 1.35. The largest absolute Gasteiger partial charge is 2.00 e. The summed E-state index contributed by atoms with van der Waals surface area (Å²) in [5.41, 5.74) is 0. The zero-order valence-electron chi connectivity index (χ0n) is 5.90. The Labute approximate surface area is 96.2 Å². The van der Waals surface area contributed by atoms with Gasteiger partial charge in [-0.3, -0.25) is 0 Å². The number of aldehydes is 1. The predicted octanol–water partition coefficient (Wildman–Crippen LogP) is 0.437. The average Bonchev–Trinajstić information content (AvgIpc) is 1.37. The van der Waals surface area contributed by atoms with Gasteiger partial charge in [0.1, 0.15) is 6.29 Å². The molecule has 0 N–H and O–H groups in total. The molecule has 0 radical (unpaired) electrons. The van der Waals surface area contributed by atoms with Gasteiger partial charge in [-0.1, -0.05) is 6.92 Å². The van der Waals surface area contributed by atoms with Crippen molar-refractivity contribution in [1.29, 1.82) is 0 Å². The standard InChI is InChI=1S/C3H6O.Ba.Ti.2H/c1-2-3-4;;;;/h3H,2H2,1H3;;;;/q;+2;;2*-1. The Morgan fingerprint density at radius 3 is 2.00 bits per heavy atom. The molecular formula is C3H8BaOTi. The van der Waals surface area contributed by atoms with E-state index in [-0.39, 0.29) is 73.5 Å². The Balaban J connectivity index is -0.00000000750. The van der Waals surface area contributed by atoms with E-state index in [1.807, 2.05) is 6.92 Å². The molecule has 0 heterocycles. The molecule has 0 aromatic rings. The molecule has 0 aliphatic heterocycles. The molecule has 0 bridgehead atoms. The Kier molecular flexibility index (Phi) is 41.2. The minimum atomic E-state index is 0. The van der Waals surface area contributed by atoms with Gasteiger partial charge in [0.05, 0.1) is 0 Å². The van der Waals surface area contributed by atoms with Crippen LogP contribution in [0.5, 0.6) is 0 Å². The quantitative estimate of drug-likeness (QED) is 0.484. The maximum absolute atomic E-state index is 9.17. The summed E-state index contributed by atoms with van der Waals surface area (Å²) in [4.78, 5) is 9.17. The Morgan fingerprint density at radius 1 is 1.83 bits per heavy atom. The number of rotatable bonds is 1. The van der Waals surface area contributed by atoms with Crippen LogP contribution >= 0.6 is 0 Å². The minimum absolute atomic E-state index is 0. The second-order valence-corrected chi connectivity index (χ2v) is 0.575. The molecule has 0 spiro atoms. The Hall–Kier alpha value is 1.96. The zero-order chi connectivity index (χ0) is 3.41. The van der Waals surface area contributed by atoms with E-state index in [1.165, 1.54) is 0 Å². The Bertz CT molecular complexity index is 31.2. The van der Waals surface area contributed by atoms with Crippen LogP contribution in [0.1, 0.15) is 16.2 Å². The molecule has 0 unspecified atom stereocenters. The van der Waals surface area contributed by atoms with Gasteiger partial charge >= 0.3 is 48.9 Å². The molecule has 3 heteroatoms. The molecule has 0 aliphatic rings. The van der Waals surface area contributed by atoms with Crippen molar-refractivity contribution in [2.75, 3.05) is 0 Å². The fraction of sp³-hybridized carbons (Fsp3) is 0.667. The summed E-state index contributed by atoms with van der Waals surface area (Å²) in [6.45, 7) is 1.81. The van der Waals surface area contributed by atoms with Gasteiger partial charge in [0.2, 0.25) is 0 Å². The first-order valence-electron chi connectivity index (χ1n) is 1.35. The van der Waals surface area contributed by atoms with Gasteiger partial charge in [-0.15, -0.1) is 0 Å². The molecule has 0 saturated carbocycles. The van der Waals surface area contributed by atoms with E-state index in [9.17, 15) is 4.79 Å². The van der Waals surface area contributed by atoms with Gasteiger partial charge in [-0.25, -0.2) is 0 Å². The first-order chi connectivity index (χ1) is 1.91. The van der Waals surface area contributed by atoms with E-state index in [0.717, 1.165) is 6.29 Å². The van der Waals surface area contributed by atoms with Gasteiger partial charge in [0.15, 0.2) is 0 Å². The van der Waals surface area contributed by atoms with Crippen LogP contribution in [0.2, 0.25) is 0 Å². The fourth-order valence-electron chi connectivity index (χ4n) is 0. The van der Waals surface area contributed by atoms with Crippen LogP contribution in [-0.2, 0) is 26.5 Å². The van der Waals surface area contributed by atoms with E-state index in [0.29, 0.717) is 6.42 Å². The molecule has 32 valence electrons. The van der Waals surface area contributed by atoms with Crippen molar-refractivity contribution in [3.63, 3.8) is 0 Å². The summed E-state index contributed by atoms with van der Waals surface area (Å²) in [5, 5.41) is 0. The third-order valence-electron chi connectivity index (χ3n) is 0.167. The molecule has 0 fully saturated rings. The van der Waals surface area contributed by atoms with Crippen LogP contribution in [0.3, 0.4) is 0 Å². The minimum Gasteiger partial charge on any atom is -1.00 e. The van der Waals surface area contributed by atoms with E-state index in [4.69, 9.17) is 0 Å².